The molecule has 4 aromatic rings. The number of carbonyl (C=O) groups is 2. The van der Waals surface area contributed by atoms with Crippen molar-refractivity contribution >= 4 is 32.7 Å². The van der Waals surface area contributed by atoms with Crippen molar-refractivity contribution in [3.05, 3.63) is 101 Å². The number of sulfonamides is 1. The number of aryl methyl sites for hydroxylation is 1. The smallest absolute Gasteiger partial charge is 0.258 e. The largest absolute Gasteiger partial charge is 0.350 e. The Hall–Kier alpha value is -3.95. The second kappa shape index (κ2) is 11.0. The highest BCUT2D eigenvalue weighted by Gasteiger charge is 2.46. The van der Waals surface area contributed by atoms with Gasteiger partial charge in [-0.05, 0) is 46.7 Å². The molecule has 0 fully saturated rings. The van der Waals surface area contributed by atoms with Gasteiger partial charge in [0.2, 0.25) is 0 Å². The molecule has 1 aliphatic heterocycles. The number of nitrogens with zero attached hydrogens (tertiary/aromatic N) is 2. The average Bonchev–Trinajstić information content (AvgIpc) is 3.45. The standard InChI is InChI=1S/C33H38N4O4S/c1-7-21(2)29(31(38)34-35-42(40,41)23-18-16-22(17-19-23)33(3,4)5)37-30(25-13-8-9-14-26(25)32(37)39)27-20-36(6)28-15-11-10-12-24(27)28/h8-21,29-30,35H,7H2,1-6H3,(H,34,38). The maximum Gasteiger partial charge on any atom is 0.258 e. The van der Waals surface area contributed by atoms with E-state index in [-0.39, 0.29) is 22.1 Å². The van der Waals surface area contributed by atoms with Crippen LogP contribution in [0.25, 0.3) is 10.9 Å². The molecule has 0 aliphatic carbocycles. The molecule has 0 saturated heterocycles. The zero-order valence-corrected chi connectivity index (χ0v) is 25.7. The van der Waals surface area contributed by atoms with E-state index in [2.05, 4.69) is 10.3 Å². The summed E-state index contributed by atoms with van der Waals surface area (Å²) in [5.41, 5.74) is 6.59. The highest BCUT2D eigenvalue weighted by molar-refractivity contribution is 7.89. The van der Waals surface area contributed by atoms with Gasteiger partial charge in [0.15, 0.2) is 0 Å². The van der Waals surface area contributed by atoms with Crippen LogP contribution in [0.4, 0.5) is 0 Å². The molecular weight excluding hydrogens is 548 g/mol. The molecule has 0 radical (unpaired) electrons. The fraction of sp³-hybridized carbons (Fsp3) is 0.333. The van der Waals surface area contributed by atoms with E-state index in [4.69, 9.17) is 0 Å². The molecule has 3 aromatic carbocycles. The number of amides is 2. The summed E-state index contributed by atoms with van der Waals surface area (Å²) in [6.45, 7) is 10.0. The van der Waals surface area contributed by atoms with Gasteiger partial charge in [-0.15, -0.1) is 4.83 Å². The third kappa shape index (κ3) is 5.23. The summed E-state index contributed by atoms with van der Waals surface area (Å²) in [5.74, 6) is -1.12. The Kier molecular flexibility index (Phi) is 7.76. The first-order chi connectivity index (χ1) is 19.8. The van der Waals surface area contributed by atoms with E-state index in [9.17, 15) is 18.0 Å². The Morgan fingerprint density at radius 2 is 1.60 bits per heavy atom. The highest BCUT2D eigenvalue weighted by Crippen LogP contribution is 2.44. The molecule has 2 amide bonds. The van der Waals surface area contributed by atoms with Crippen LogP contribution >= 0.6 is 0 Å². The fourth-order valence-electron chi connectivity index (χ4n) is 5.80. The first kappa shape index (κ1) is 29.5. The Labute approximate surface area is 247 Å². The van der Waals surface area contributed by atoms with E-state index >= 15 is 0 Å². The van der Waals surface area contributed by atoms with Gasteiger partial charge in [-0.3, -0.25) is 15.0 Å². The molecule has 0 saturated carbocycles. The number of fused-ring (bicyclic) bond motifs is 2. The molecule has 3 unspecified atom stereocenters. The molecule has 2 heterocycles. The maximum absolute atomic E-state index is 14.0. The maximum atomic E-state index is 14.0. The summed E-state index contributed by atoms with van der Waals surface area (Å²) in [4.78, 5) is 31.9. The fourth-order valence-corrected chi connectivity index (χ4v) is 6.65. The number of benzene rings is 3. The van der Waals surface area contributed by atoms with Crippen molar-refractivity contribution in [2.75, 3.05) is 0 Å². The summed E-state index contributed by atoms with van der Waals surface area (Å²) >= 11 is 0. The van der Waals surface area contributed by atoms with Crippen molar-refractivity contribution in [1.82, 2.24) is 19.7 Å². The Morgan fingerprint density at radius 1 is 0.952 bits per heavy atom. The number of nitrogens with one attached hydrogen (secondary N) is 2. The molecule has 3 atom stereocenters. The second-order valence-electron chi connectivity index (χ2n) is 12.1. The van der Waals surface area contributed by atoms with Crippen molar-refractivity contribution < 1.29 is 18.0 Å². The normalized spacial score (nSPS) is 16.9. The zero-order valence-electron chi connectivity index (χ0n) is 24.9. The number of hydrogen-bond acceptors (Lipinski definition) is 4. The quantitative estimate of drug-likeness (QED) is 0.268. The van der Waals surface area contributed by atoms with Gasteiger partial charge in [0.05, 0.1) is 10.9 Å². The van der Waals surface area contributed by atoms with E-state index in [1.807, 2.05) is 94.9 Å². The van der Waals surface area contributed by atoms with Crippen LogP contribution < -0.4 is 10.3 Å². The summed E-state index contributed by atoms with van der Waals surface area (Å²) in [7, 11) is -2.10. The Bertz CT molecular complexity index is 1750. The lowest BCUT2D eigenvalue weighted by atomic mass is 9.87. The van der Waals surface area contributed by atoms with Crippen LogP contribution in [0.3, 0.4) is 0 Å². The van der Waals surface area contributed by atoms with Crippen molar-refractivity contribution in [2.24, 2.45) is 13.0 Å². The minimum absolute atomic E-state index is 0.0363. The lowest BCUT2D eigenvalue weighted by molar-refractivity contribution is -0.128. The zero-order chi connectivity index (χ0) is 30.4. The number of aromatic nitrogens is 1. The van der Waals surface area contributed by atoms with Gasteiger partial charge in [-0.1, -0.05) is 89.6 Å². The SMILES string of the molecule is CCC(C)C(C(=O)NNS(=O)(=O)c1ccc(C(C)(C)C)cc1)N1C(=O)c2ccccc2C1c1cn(C)c2ccccc12. The van der Waals surface area contributed by atoms with Crippen molar-refractivity contribution in [3.63, 3.8) is 0 Å². The Balaban J connectivity index is 1.50. The third-order valence-electron chi connectivity index (χ3n) is 8.31. The van der Waals surface area contributed by atoms with Gasteiger partial charge >= 0.3 is 0 Å². The number of carbonyl (C=O) groups excluding carboxylic acids is 2. The van der Waals surface area contributed by atoms with Gasteiger partial charge in [0.25, 0.3) is 21.8 Å². The van der Waals surface area contributed by atoms with E-state index in [0.29, 0.717) is 12.0 Å². The van der Waals surface area contributed by atoms with Crippen LogP contribution in [0.1, 0.15) is 74.1 Å². The third-order valence-corrected chi connectivity index (χ3v) is 9.57. The van der Waals surface area contributed by atoms with Gasteiger partial charge in [0, 0.05) is 35.3 Å². The minimum atomic E-state index is -4.05. The van der Waals surface area contributed by atoms with Gasteiger partial charge in [0.1, 0.15) is 6.04 Å². The molecule has 42 heavy (non-hydrogen) atoms. The molecule has 1 aromatic heterocycles. The van der Waals surface area contributed by atoms with Crippen molar-refractivity contribution in [1.29, 1.82) is 0 Å². The van der Waals surface area contributed by atoms with Crippen molar-refractivity contribution in [2.45, 2.75) is 63.4 Å². The summed E-state index contributed by atoms with van der Waals surface area (Å²) < 4.78 is 28.3. The van der Waals surface area contributed by atoms with E-state index in [1.165, 1.54) is 12.1 Å². The molecule has 9 heteroatoms. The minimum Gasteiger partial charge on any atom is -0.350 e. The van der Waals surface area contributed by atoms with Crippen molar-refractivity contribution in [3.8, 4) is 0 Å². The summed E-state index contributed by atoms with van der Waals surface area (Å²) in [6, 6.07) is 20.5. The van der Waals surface area contributed by atoms with Gasteiger partial charge in [-0.2, -0.15) is 0 Å². The average molecular weight is 587 g/mol. The highest BCUT2D eigenvalue weighted by atomic mass is 32.2. The van der Waals surface area contributed by atoms with E-state index < -0.39 is 28.0 Å². The van der Waals surface area contributed by atoms with Crippen LogP contribution in [0.5, 0.6) is 0 Å². The lowest BCUT2D eigenvalue weighted by Crippen LogP contribution is -2.55. The summed E-state index contributed by atoms with van der Waals surface area (Å²) in [6.07, 6.45) is 2.61. The van der Waals surface area contributed by atoms with E-state index in [1.54, 1.807) is 23.1 Å². The van der Waals surface area contributed by atoms with Gasteiger partial charge < -0.3 is 9.47 Å². The monoisotopic (exact) mass is 586 g/mol. The molecular formula is C33H38N4O4S. The van der Waals surface area contributed by atoms with Crippen LogP contribution in [-0.4, -0.2) is 35.7 Å². The number of hydrogen-bond donors (Lipinski definition) is 2. The van der Waals surface area contributed by atoms with Crippen LogP contribution in [0, 0.1) is 5.92 Å². The molecule has 220 valence electrons. The lowest BCUT2D eigenvalue weighted by Gasteiger charge is -2.36. The predicted octanol–water partition coefficient (Wildman–Crippen LogP) is 5.45. The number of para-hydroxylation sites is 1. The molecule has 0 spiro atoms. The van der Waals surface area contributed by atoms with Crippen LogP contribution in [-0.2, 0) is 27.3 Å². The van der Waals surface area contributed by atoms with Crippen LogP contribution in [0.15, 0.2) is 83.9 Å². The number of rotatable bonds is 8. The molecule has 0 bridgehead atoms. The van der Waals surface area contributed by atoms with E-state index in [0.717, 1.165) is 27.6 Å². The molecule has 5 rings (SSSR count). The number of hydrazine groups is 1. The predicted molar refractivity (Wildman–Crippen MR) is 164 cm³/mol. The second-order valence-corrected chi connectivity index (χ2v) is 13.8. The first-order valence-electron chi connectivity index (χ1n) is 14.2. The topological polar surface area (TPSA) is 101 Å². The summed E-state index contributed by atoms with van der Waals surface area (Å²) in [5, 5.41) is 0.988. The first-order valence-corrected chi connectivity index (χ1v) is 15.7. The molecule has 1 aliphatic rings. The van der Waals surface area contributed by atoms with Crippen LogP contribution in [0.2, 0.25) is 0 Å². The molecule has 8 nitrogen and oxygen atoms in total. The Morgan fingerprint density at radius 3 is 2.26 bits per heavy atom. The molecule has 2 N–H and O–H groups in total. The van der Waals surface area contributed by atoms with Gasteiger partial charge in [-0.25, -0.2) is 8.42 Å².